The van der Waals surface area contributed by atoms with E-state index in [2.05, 4.69) is 36.1 Å². The SMILES string of the molecule is Cc1cccc(NC(=O)c2cc3cn(C(C)C)cc3s2)c1. The number of carbonyl (C=O) groups excluding carboxylic acids is 1. The molecule has 1 amide bonds. The van der Waals surface area contributed by atoms with Gasteiger partial charge in [0.1, 0.15) is 0 Å². The summed E-state index contributed by atoms with van der Waals surface area (Å²) in [5, 5.41) is 4.08. The number of hydrogen-bond acceptors (Lipinski definition) is 2. The molecule has 3 rings (SSSR count). The Morgan fingerprint density at radius 2 is 2.05 bits per heavy atom. The summed E-state index contributed by atoms with van der Waals surface area (Å²) >= 11 is 1.53. The highest BCUT2D eigenvalue weighted by atomic mass is 32.1. The predicted molar refractivity (Wildman–Crippen MR) is 89.3 cm³/mol. The molecule has 0 unspecified atom stereocenters. The van der Waals surface area contributed by atoms with E-state index in [1.807, 2.05) is 37.3 Å². The van der Waals surface area contributed by atoms with E-state index in [0.29, 0.717) is 6.04 Å². The second-order valence-corrected chi connectivity index (χ2v) is 6.64. The molecule has 4 heteroatoms. The molecule has 0 aliphatic heterocycles. The van der Waals surface area contributed by atoms with Crippen LogP contribution in [0.25, 0.3) is 10.1 Å². The molecular formula is C17H18N2OS. The molecule has 2 aromatic heterocycles. The van der Waals surface area contributed by atoms with E-state index in [0.717, 1.165) is 26.2 Å². The summed E-state index contributed by atoms with van der Waals surface area (Å²) < 4.78 is 3.32. The molecule has 1 aromatic carbocycles. The van der Waals surface area contributed by atoms with Crippen LogP contribution in [0.15, 0.2) is 42.7 Å². The molecule has 0 radical (unpaired) electrons. The zero-order valence-electron chi connectivity index (χ0n) is 12.4. The smallest absolute Gasteiger partial charge is 0.265 e. The Bertz CT molecular complexity index is 767. The number of thiophene rings is 1. The molecule has 0 saturated carbocycles. The fourth-order valence-electron chi connectivity index (χ4n) is 2.28. The maximum Gasteiger partial charge on any atom is 0.265 e. The van der Waals surface area contributed by atoms with Gasteiger partial charge in [-0.05, 0) is 44.5 Å². The zero-order chi connectivity index (χ0) is 15.0. The molecule has 108 valence electrons. The van der Waals surface area contributed by atoms with Crippen molar-refractivity contribution in [2.24, 2.45) is 0 Å². The van der Waals surface area contributed by atoms with E-state index in [4.69, 9.17) is 0 Å². The van der Waals surface area contributed by atoms with Gasteiger partial charge in [0.25, 0.3) is 5.91 Å². The minimum atomic E-state index is -0.0436. The Labute approximate surface area is 128 Å². The summed E-state index contributed by atoms with van der Waals surface area (Å²) in [4.78, 5) is 13.1. The standard InChI is InChI=1S/C17H18N2OS/c1-11(2)19-9-13-8-15(21-16(13)10-19)17(20)18-14-6-4-5-12(3)7-14/h4-11H,1-3H3,(H,18,20). The molecule has 0 atom stereocenters. The molecule has 0 aliphatic carbocycles. The van der Waals surface area contributed by atoms with Gasteiger partial charge in [0, 0.05) is 29.5 Å². The van der Waals surface area contributed by atoms with Gasteiger partial charge in [0.2, 0.25) is 0 Å². The summed E-state index contributed by atoms with van der Waals surface area (Å²) in [7, 11) is 0. The summed E-state index contributed by atoms with van der Waals surface area (Å²) in [5.74, 6) is -0.0436. The number of fused-ring (bicyclic) bond motifs is 1. The first kappa shape index (κ1) is 13.9. The van der Waals surface area contributed by atoms with E-state index in [9.17, 15) is 4.79 Å². The largest absolute Gasteiger partial charge is 0.350 e. The third-order valence-corrected chi connectivity index (χ3v) is 4.53. The van der Waals surface area contributed by atoms with E-state index >= 15 is 0 Å². The quantitative estimate of drug-likeness (QED) is 0.737. The minimum absolute atomic E-state index is 0.0436. The van der Waals surface area contributed by atoms with Gasteiger partial charge in [-0.15, -0.1) is 11.3 Å². The van der Waals surface area contributed by atoms with E-state index in [1.165, 1.54) is 11.3 Å². The first-order chi connectivity index (χ1) is 10.0. The van der Waals surface area contributed by atoms with Gasteiger partial charge in [-0.1, -0.05) is 12.1 Å². The van der Waals surface area contributed by atoms with Crippen molar-refractivity contribution in [1.82, 2.24) is 4.57 Å². The number of aromatic nitrogens is 1. The molecule has 0 saturated heterocycles. The number of nitrogens with zero attached hydrogens (tertiary/aromatic N) is 1. The lowest BCUT2D eigenvalue weighted by Gasteiger charge is -2.05. The van der Waals surface area contributed by atoms with Crippen LogP contribution < -0.4 is 5.32 Å². The van der Waals surface area contributed by atoms with Crippen LogP contribution in [0, 0.1) is 6.92 Å². The summed E-state index contributed by atoms with van der Waals surface area (Å²) in [6.07, 6.45) is 4.20. The highest BCUT2D eigenvalue weighted by Gasteiger charge is 2.12. The number of benzene rings is 1. The van der Waals surface area contributed by atoms with Crippen molar-refractivity contribution in [3.63, 3.8) is 0 Å². The van der Waals surface area contributed by atoms with E-state index in [1.54, 1.807) is 0 Å². The lowest BCUT2D eigenvalue weighted by atomic mass is 10.2. The predicted octanol–water partition coefficient (Wildman–Crippen LogP) is 4.84. The number of nitrogens with one attached hydrogen (secondary N) is 1. The second kappa shape index (κ2) is 5.37. The van der Waals surface area contributed by atoms with Gasteiger partial charge in [-0.3, -0.25) is 4.79 Å². The minimum Gasteiger partial charge on any atom is -0.350 e. The first-order valence-corrected chi connectivity index (χ1v) is 7.83. The van der Waals surface area contributed by atoms with Crippen molar-refractivity contribution in [1.29, 1.82) is 0 Å². The topological polar surface area (TPSA) is 34.0 Å². The van der Waals surface area contributed by atoms with Gasteiger partial charge in [-0.2, -0.15) is 0 Å². The van der Waals surface area contributed by atoms with Crippen LogP contribution in [-0.2, 0) is 0 Å². The normalized spacial score (nSPS) is 11.2. The summed E-state index contributed by atoms with van der Waals surface area (Å²) in [6.45, 7) is 6.31. The molecule has 3 nitrogen and oxygen atoms in total. The second-order valence-electron chi connectivity index (χ2n) is 5.55. The first-order valence-electron chi connectivity index (χ1n) is 7.02. The van der Waals surface area contributed by atoms with Crippen molar-refractivity contribution in [2.75, 3.05) is 5.32 Å². The Kier molecular flexibility index (Phi) is 3.55. The Hall–Kier alpha value is -2.07. The average Bonchev–Trinajstić information content (AvgIpc) is 2.96. The maximum absolute atomic E-state index is 12.3. The van der Waals surface area contributed by atoms with Crippen molar-refractivity contribution in [2.45, 2.75) is 26.8 Å². The van der Waals surface area contributed by atoms with Gasteiger partial charge >= 0.3 is 0 Å². The average molecular weight is 298 g/mol. The molecule has 2 heterocycles. The fraction of sp³-hybridized carbons (Fsp3) is 0.235. The van der Waals surface area contributed by atoms with Gasteiger partial charge in [0.15, 0.2) is 0 Å². The van der Waals surface area contributed by atoms with E-state index in [-0.39, 0.29) is 5.91 Å². The monoisotopic (exact) mass is 298 g/mol. The Balaban J connectivity index is 1.83. The lowest BCUT2D eigenvalue weighted by molar-refractivity contribution is 0.103. The summed E-state index contributed by atoms with van der Waals surface area (Å²) in [5.41, 5.74) is 1.97. The molecule has 0 fully saturated rings. The lowest BCUT2D eigenvalue weighted by Crippen LogP contribution is -2.10. The van der Waals surface area contributed by atoms with Crippen molar-refractivity contribution < 1.29 is 4.79 Å². The van der Waals surface area contributed by atoms with Gasteiger partial charge in [-0.25, -0.2) is 0 Å². The number of hydrogen-bond donors (Lipinski definition) is 1. The number of anilines is 1. The maximum atomic E-state index is 12.3. The number of aryl methyl sites for hydroxylation is 1. The molecule has 0 spiro atoms. The van der Waals surface area contributed by atoms with Crippen LogP contribution in [-0.4, -0.2) is 10.5 Å². The third-order valence-electron chi connectivity index (χ3n) is 3.44. The molecular weight excluding hydrogens is 280 g/mol. The highest BCUT2D eigenvalue weighted by molar-refractivity contribution is 7.20. The van der Waals surface area contributed by atoms with Crippen LogP contribution in [0.4, 0.5) is 5.69 Å². The Morgan fingerprint density at radius 3 is 2.71 bits per heavy atom. The molecule has 0 bridgehead atoms. The fourth-order valence-corrected chi connectivity index (χ4v) is 3.25. The van der Waals surface area contributed by atoms with Crippen LogP contribution in [0.1, 0.15) is 35.1 Å². The Morgan fingerprint density at radius 1 is 1.24 bits per heavy atom. The zero-order valence-corrected chi connectivity index (χ0v) is 13.2. The third kappa shape index (κ3) is 2.85. The van der Waals surface area contributed by atoms with Crippen molar-refractivity contribution in [3.8, 4) is 0 Å². The number of rotatable bonds is 3. The molecule has 21 heavy (non-hydrogen) atoms. The highest BCUT2D eigenvalue weighted by Crippen LogP contribution is 2.28. The van der Waals surface area contributed by atoms with Gasteiger partial charge < -0.3 is 9.88 Å². The number of amides is 1. The van der Waals surface area contributed by atoms with Crippen LogP contribution >= 0.6 is 11.3 Å². The van der Waals surface area contributed by atoms with E-state index < -0.39 is 0 Å². The van der Waals surface area contributed by atoms with Crippen molar-refractivity contribution in [3.05, 3.63) is 53.2 Å². The molecule has 1 N–H and O–H groups in total. The number of carbonyl (C=O) groups is 1. The molecule has 0 aliphatic rings. The summed E-state index contributed by atoms with van der Waals surface area (Å²) in [6, 6.07) is 10.2. The van der Waals surface area contributed by atoms with Crippen LogP contribution in [0.5, 0.6) is 0 Å². The van der Waals surface area contributed by atoms with Gasteiger partial charge in [0.05, 0.1) is 9.58 Å². The van der Waals surface area contributed by atoms with Crippen molar-refractivity contribution >= 4 is 33.0 Å². The van der Waals surface area contributed by atoms with Crippen LogP contribution in [0.2, 0.25) is 0 Å². The van der Waals surface area contributed by atoms with Crippen LogP contribution in [0.3, 0.4) is 0 Å². The molecule has 3 aromatic rings.